The molecule has 92 valence electrons. The Hall–Kier alpha value is -2.29. The minimum atomic E-state index is 0.872. The van der Waals surface area contributed by atoms with Crippen molar-refractivity contribution in [2.45, 2.75) is 13.5 Å². The molecule has 2 aromatic heterocycles. The Morgan fingerprint density at radius 2 is 2.11 bits per heavy atom. The Labute approximate surface area is 106 Å². The Morgan fingerprint density at radius 1 is 1.33 bits per heavy atom. The van der Waals surface area contributed by atoms with Gasteiger partial charge in [-0.3, -0.25) is 4.68 Å². The van der Waals surface area contributed by atoms with Crippen molar-refractivity contribution in [3.8, 4) is 11.3 Å². The van der Waals surface area contributed by atoms with Crippen LogP contribution in [0.2, 0.25) is 0 Å². The van der Waals surface area contributed by atoms with Crippen molar-refractivity contribution >= 4 is 12.2 Å². The largest absolute Gasteiger partial charge is 0.360 e. The van der Waals surface area contributed by atoms with E-state index in [-0.39, 0.29) is 0 Å². The number of nitrogens with one attached hydrogen (secondary N) is 1. The van der Waals surface area contributed by atoms with Crippen molar-refractivity contribution in [3.63, 3.8) is 0 Å². The standard InChI is InChI=1S/C15H17N3/c1-4-7-12-13(11-16-14(12)8-5-2)15-9-10-18(6-3)17-15/h4-5,7-11,16H,1-2,6H2,3H3/b12-7-,14-8+. The lowest BCUT2D eigenvalue weighted by molar-refractivity contribution is 0.662. The van der Waals surface area contributed by atoms with Crippen molar-refractivity contribution in [2.24, 2.45) is 0 Å². The molecular weight excluding hydrogens is 222 g/mol. The summed E-state index contributed by atoms with van der Waals surface area (Å²) in [6.07, 6.45) is 11.4. The second kappa shape index (κ2) is 5.36. The van der Waals surface area contributed by atoms with Gasteiger partial charge in [-0.05, 0) is 19.1 Å². The summed E-state index contributed by atoms with van der Waals surface area (Å²) in [4.78, 5) is 3.23. The topological polar surface area (TPSA) is 33.6 Å². The molecule has 2 aromatic rings. The Bertz CT molecular complexity index is 671. The predicted octanol–water partition coefficient (Wildman–Crippen LogP) is 1.83. The van der Waals surface area contributed by atoms with Gasteiger partial charge in [-0.25, -0.2) is 0 Å². The van der Waals surface area contributed by atoms with Gasteiger partial charge in [0.2, 0.25) is 0 Å². The van der Waals surface area contributed by atoms with Crippen molar-refractivity contribution < 1.29 is 0 Å². The van der Waals surface area contributed by atoms with Gasteiger partial charge in [-0.1, -0.05) is 31.4 Å². The molecule has 3 nitrogen and oxygen atoms in total. The van der Waals surface area contributed by atoms with Crippen LogP contribution in [0.4, 0.5) is 0 Å². The van der Waals surface area contributed by atoms with E-state index in [1.54, 1.807) is 12.2 Å². The smallest absolute Gasteiger partial charge is 0.0944 e. The van der Waals surface area contributed by atoms with E-state index in [1.165, 1.54) is 0 Å². The molecule has 18 heavy (non-hydrogen) atoms. The van der Waals surface area contributed by atoms with Crippen LogP contribution < -0.4 is 10.6 Å². The normalized spacial score (nSPS) is 12.9. The molecule has 0 aliphatic carbocycles. The number of hydrogen-bond acceptors (Lipinski definition) is 1. The lowest BCUT2D eigenvalue weighted by atomic mass is 10.2. The van der Waals surface area contributed by atoms with Crippen LogP contribution in [0, 0.1) is 0 Å². The van der Waals surface area contributed by atoms with E-state index in [2.05, 4.69) is 30.2 Å². The van der Waals surface area contributed by atoms with E-state index in [4.69, 9.17) is 0 Å². The number of rotatable bonds is 4. The number of allylic oxidation sites excluding steroid dienone is 2. The molecule has 0 saturated carbocycles. The molecule has 1 N–H and O–H groups in total. The lowest BCUT2D eigenvalue weighted by Crippen LogP contribution is -2.23. The summed E-state index contributed by atoms with van der Waals surface area (Å²) in [6, 6.07) is 2.02. The number of hydrogen-bond donors (Lipinski definition) is 1. The fourth-order valence-electron chi connectivity index (χ4n) is 1.90. The maximum atomic E-state index is 4.52. The van der Waals surface area contributed by atoms with Gasteiger partial charge in [0.1, 0.15) is 0 Å². The number of H-pyrrole nitrogens is 1. The molecule has 2 heterocycles. The maximum absolute atomic E-state index is 4.52. The summed E-state index contributed by atoms with van der Waals surface area (Å²) in [7, 11) is 0. The Kier molecular flexibility index (Phi) is 3.63. The molecule has 0 unspecified atom stereocenters. The zero-order valence-corrected chi connectivity index (χ0v) is 10.6. The van der Waals surface area contributed by atoms with Gasteiger partial charge < -0.3 is 4.98 Å². The van der Waals surface area contributed by atoms with E-state index in [0.29, 0.717) is 0 Å². The first-order chi connectivity index (χ1) is 8.80. The molecule has 0 amide bonds. The Morgan fingerprint density at radius 3 is 2.72 bits per heavy atom. The predicted molar refractivity (Wildman–Crippen MR) is 76.3 cm³/mol. The van der Waals surface area contributed by atoms with Crippen LogP contribution in [-0.2, 0) is 6.54 Å². The number of aromatic nitrogens is 3. The quantitative estimate of drug-likeness (QED) is 0.867. The highest BCUT2D eigenvalue weighted by Crippen LogP contribution is 2.10. The average molecular weight is 239 g/mol. The zero-order valence-electron chi connectivity index (χ0n) is 10.6. The van der Waals surface area contributed by atoms with E-state index in [1.807, 2.05) is 35.3 Å². The third-order valence-electron chi connectivity index (χ3n) is 2.76. The Balaban J connectivity index is 2.65. The SMILES string of the molecule is C=C/C=c1/c(-c2ccn(CC)n2)c[nH]/c1=C/C=C. The zero-order chi connectivity index (χ0) is 13.0. The highest BCUT2D eigenvalue weighted by molar-refractivity contribution is 5.63. The maximum Gasteiger partial charge on any atom is 0.0944 e. The van der Waals surface area contributed by atoms with E-state index in [0.717, 1.165) is 28.4 Å². The van der Waals surface area contributed by atoms with Gasteiger partial charge in [0.05, 0.1) is 5.69 Å². The van der Waals surface area contributed by atoms with Crippen molar-refractivity contribution in [2.75, 3.05) is 0 Å². The second-order valence-corrected chi connectivity index (χ2v) is 3.89. The van der Waals surface area contributed by atoms with E-state index < -0.39 is 0 Å². The minimum Gasteiger partial charge on any atom is -0.360 e. The molecule has 0 fully saturated rings. The monoisotopic (exact) mass is 239 g/mol. The summed E-state index contributed by atoms with van der Waals surface area (Å²) in [5.74, 6) is 0. The van der Waals surface area contributed by atoms with E-state index in [9.17, 15) is 0 Å². The van der Waals surface area contributed by atoms with Crippen LogP contribution in [-0.4, -0.2) is 14.8 Å². The first-order valence-corrected chi connectivity index (χ1v) is 5.97. The van der Waals surface area contributed by atoms with Gasteiger partial charge in [0.25, 0.3) is 0 Å². The van der Waals surface area contributed by atoms with Crippen LogP contribution in [0.5, 0.6) is 0 Å². The molecule has 0 aliphatic heterocycles. The molecule has 0 aromatic carbocycles. The number of aryl methyl sites for hydroxylation is 1. The summed E-state index contributed by atoms with van der Waals surface area (Å²) in [5, 5.41) is 6.63. The molecule has 0 aliphatic rings. The highest BCUT2D eigenvalue weighted by Gasteiger charge is 2.05. The molecule has 0 radical (unpaired) electrons. The fourth-order valence-corrected chi connectivity index (χ4v) is 1.90. The first-order valence-electron chi connectivity index (χ1n) is 5.97. The molecule has 0 spiro atoms. The van der Waals surface area contributed by atoms with Crippen molar-refractivity contribution in [1.82, 2.24) is 14.8 Å². The molecule has 0 atom stereocenters. The van der Waals surface area contributed by atoms with Gasteiger partial charge >= 0.3 is 0 Å². The van der Waals surface area contributed by atoms with Crippen LogP contribution >= 0.6 is 0 Å². The van der Waals surface area contributed by atoms with E-state index >= 15 is 0 Å². The second-order valence-electron chi connectivity index (χ2n) is 3.89. The van der Waals surface area contributed by atoms with Gasteiger partial charge in [-0.2, -0.15) is 5.10 Å². The molecule has 0 bridgehead atoms. The van der Waals surface area contributed by atoms with Crippen molar-refractivity contribution in [3.05, 3.63) is 54.3 Å². The minimum absolute atomic E-state index is 0.872. The van der Waals surface area contributed by atoms with Gasteiger partial charge in [0.15, 0.2) is 0 Å². The highest BCUT2D eigenvalue weighted by atomic mass is 15.3. The number of nitrogens with zero attached hydrogens (tertiary/aromatic N) is 2. The van der Waals surface area contributed by atoms with Crippen LogP contribution in [0.15, 0.2) is 43.8 Å². The summed E-state index contributed by atoms with van der Waals surface area (Å²) < 4.78 is 1.91. The molecule has 0 saturated heterocycles. The number of aromatic amines is 1. The molecule has 3 heteroatoms. The van der Waals surface area contributed by atoms with Crippen LogP contribution in [0.1, 0.15) is 6.92 Å². The molecule has 2 rings (SSSR count). The average Bonchev–Trinajstić information content (AvgIpc) is 2.98. The third kappa shape index (κ3) is 2.20. The fraction of sp³-hybridized carbons (Fsp3) is 0.133. The third-order valence-corrected chi connectivity index (χ3v) is 2.76. The summed E-state index contributed by atoms with van der Waals surface area (Å²) in [5.41, 5.74) is 2.04. The van der Waals surface area contributed by atoms with Gasteiger partial charge in [-0.15, -0.1) is 0 Å². The molecular formula is C15H17N3. The summed E-state index contributed by atoms with van der Waals surface area (Å²) in [6.45, 7) is 10.4. The first kappa shape index (κ1) is 12.2. The van der Waals surface area contributed by atoms with Crippen LogP contribution in [0.3, 0.4) is 0 Å². The van der Waals surface area contributed by atoms with Gasteiger partial charge in [0, 0.05) is 35.1 Å². The summed E-state index contributed by atoms with van der Waals surface area (Å²) >= 11 is 0. The lowest BCUT2D eigenvalue weighted by Gasteiger charge is -1.93. The van der Waals surface area contributed by atoms with Crippen molar-refractivity contribution in [1.29, 1.82) is 0 Å². The van der Waals surface area contributed by atoms with Crippen LogP contribution in [0.25, 0.3) is 23.4 Å².